The predicted molar refractivity (Wildman–Crippen MR) is 91.4 cm³/mol. The zero-order valence-electron chi connectivity index (χ0n) is 13.4. The van der Waals surface area contributed by atoms with Gasteiger partial charge in [0, 0.05) is 30.8 Å². The number of pyridine rings is 2. The molecule has 3 heterocycles. The van der Waals surface area contributed by atoms with E-state index in [2.05, 4.69) is 47.4 Å². The van der Waals surface area contributed by atoms with Crippen molar-refractivity contribution >= 4 is 17.0 Å². The van der Waals surface area contributed by atoms with Gasteiger partial charge < -0.3 is 11.1 Å². The average Bonchev–Trinajstić information content (AvgIpc) is 3.14. The summed E-state index contributed by atoms with van der Waals surface area (Å²) < 4.78 is 4.17. The van der Waals surface area contributed by atoms with Crippen LogP contribution < -0.4 is 15.6 Å². The van der Waals surface area contributed by atoms with Crippen LogP contribution in [0.3, 0.4) is 0 Å². The van der Waals surface area contributed by atoms with Crippen molar-refractivity contribution < 1.29 is 4.57 Å². The lowest BCUT2D eigenvalue weighted by molar-refractivity contribution is -0.679. The maximum absolute atomic E-state index is 6.29. The molecule has 0 radical (unpaired) electrons. The standard InChI is InChI=1S/C18H22N5/c1-22-12-3-2-6-14(22)10-11-20-18-17(19)16-9-8-13-5-4-7-15(13)23(16)21-18/h2-3,6,8-9,12H,4-5,7,10-11,19H2,1H3,(H,20,21)/q+1. The minimum absolute atomic E-state index is 0.747. The van der Waals surface area contributed by atoms with Gasteiger partial charge in [-0.3, -0.25) is 0 Å². The first-order valence-electron chi connectivity index (χ1n) is 8.20. The Morgan fingerprint density at radius 2 is 2.17 bits per heavy atom. The van der Waals surface area contributed by atoms with E-state index in [0.717, 1.165) is 42.8 Å². The van der Waals surface area contributed by atoms with E-state index in [1.807, 2.05) is 10.6 Å². The van der Waals surface area contributed by atoms with Crippen LogP contribution in [0.15, 0.2) is 36.5 Å². The summed E-state index contributed by atoms with van der Waals surface area (Å²) in [7, 11) is 2.07. The molecule has 118 valence electrons. The Morgan fingerprint density at radius 3 is 3.04 bits per heavy atom. The van der Waals surface area contributed by atoms with Crippen LogP contribution in [-0.4, -0.2) is 16.2 Å². The second-order valence-electron chi connectivity index (χ2n) is 6.20. The minimum Gasteiger partial charge on any atom is -0.394 e. The first-order chi connectivity index (χ1) is 11.2. The molecule has 4 rings (SSSR count). The van der Waals surface area contributed by atoms with Crippen LogP contribution >= 0.6 is 0 Å². The number of nitrogens with zero attached hydrogens (tertiary/aromatic N) is 3. The maximum Gasteiger partial charge on any atom is 0.182 e. The van der Waals surface area contributed by atoms with Gasteiger partial charge >= 0.3 is 0 Å². The largest absolute Gasteiger partial charge is 0.394 e. The number of fused-ring (bicyclic) bond motifs is 3. The van der Waals surface area contributed by atoms with Gasteiger partial charge in [0.2, 0.25) is 0 Å². The van der Waals surface area contributed by atoms with Gasteiger partial charge in [-0.2, -0.15) is 0 Å². The van der Waals surface area contributed by atoms with Gasteiger partial charge in [0.05, 0.1) is 5.52 Å². The maximum atomic E-state index is 6.29. The smallest absolute Gasteiger partial charge is 0.182 e. The van der Waals surface area contributed by atoms with Gasteiger partial charge in [0.15, 0.2) is 17.7 Å². The van der Waals surface area contributed by atoms with Crippen molar-refractivity contribution in [2.24, 2.45) is 7.05 Å². The first kappa shape index (κ1) is 14.1. The summed E-state index contributed by atoms with van der Waals surface area (Å²) in [6.07, 6.45) is 6.45. The van der Waals surface area contributed by atoms with E-state index in [1.165, 1.54) is 23.4 Å². The number of nitrogen functional groups attached to an aromatic ring is 1. The molecule has 5 nitrogen and oxygen atoms in total. The second-order valence-corrected chi connectivity index (χ2v) is 6.20. The SMILES string of the molecule is C[n+]1ccccc1CCNc1nn2c3c(ccc2c1N)CCC3. The molecule has 3 aromatic rings. The average molecular weight is 308 g/mol. The van der Waals surface area contributed by atoms with E-state index in [1.54, 1.807) is 0 Å². The molecule has 1 aliphatic rings. The zero-order valence-corrected chi connectivity index (χ0v) is 13.4. The number of hydrogen-bond donors (Lipinski definition) is 2. The van der Waals surface area contributed by atoms with Crippen molar-refractivity contribution in [1.29, 1.82) is 0 Å². The molecule has 0 bridgehead atoms. The van der Waals surface area contributed by atoms with E-state index in [9.17, 15) is 0 Å². The number of nitrogens with two attached hydrogens (primary N) is 1. The van der Waals surface area contributed by atoms with Gasteiger partial charge in [0.25, 0.3) is 0 Å². The Bertz CT molecular complexity index is 865. The lowest BCUT2D eigenvalue weighted by Crippen LogP contribution is -2.33. The van der Waals surface area contributed by atoms with E-state index in [-0.39, 0.29) is 0 Å². The van der Waals surface area contributed by atoms with E-state index in [4.69, 9.17) is 10.8 Å². The number of aromatic nitrogens is 3. The first-order valence-corrected chi connectivity index (χ1v) is 8.20. The van der Waals surface area contributed by atoms with Crippen LogP contribution in [0, 0.1) is 0 Å². The van der Waals surface area contributed by atoms with Crippen molar-refractivity contribution in [2.75, 3.05) is 17.6 Å². The van der Waals surface area contributed by atoms with E-state index in [0.29, 0.717) is 0 Å². The molecule has 0 atom stereocenters. The van der Waals surface area contributed by atoms with Crippen molar-refractivity contribution in [3.63, 3.8) is 0 Å². The van der Waals surface area contributed by atoms with Crippen LogP contribution in [0.5, 0.6) is 0 Å². The van der Waals surface area contributed by atoms with Crippen molar-refractivity contribution in [3.8, 4) is 0 Å². The Balaban J connectivity index is 1.56. The molecule has 0 aliphatic heterocycles. The molecule has 23 heavy (non-hydrogen) atoms. The van der Waals surface area contributed by atoms with Crippen LogP contribution in [-0.2, 0) is 26.3 Å². The summed E-state index contributed by atoms with van der Waals surface area (Å²) in [6.45, 7) is 0.814. The molecule has 0 saturated heterocycles. The van der Waals surface area contributed by atoms with E-state index < -0.39 is 0 Å². The Labute approximate surface area is 135 Å². The third-order valence-electron chi connectivity index (χ3n) is 4.72. The van der Waals surface area contributed by atoms with Gasteiger partial charge in [-0.1, -0.05) is 12.1 Å². The third-order valence-corrected chi connectivity index (χ3v) is 4.72. The summed E-state index contributed by atoms with van der Waals surface area (Å²) in [6, 6.07) is 10.5. The number of rotatable bonds is 4. The van der Waals surface area contributed by atoms with Crippen LogP contribution in [0.4, 0.5) is 11.5 Å². The van der Waals surface area contributed by atoms with Crippen LogP contribution in [0.2, 0.25) is 0 Å². The van der Waals surface area contributed by atoms with Crippen molar-refractivity contribution in [3.05, 3.63) is 53.5 Å². The fraction of sp³-hybridized carbons (Fsp3) is 0.333. The molecule has 0 amide bonds. The Morgan fingerprint density at radius 1 is 1.26 bits per heavy atom. The summed E-state index contributed by atoms with van der Waals surface area (Å²) in [4.78, 5) is 0. The molecule has 0 spiro atoms. The number of nitrogens with one attached hydrogen (secondary N) is 1. The molecule has 5 heteroatoms. The van der Waals surface area contributed by atoms with Crippen molar-refractivity contribution in [1.82, 2.24) is 9.61 Å². The monoisotopic (exact) mass is 308 g/mol. The summed E-state index contributed by atoms with van der Waals surface area (Å²) in [5.41, 5.74) is 12.1. The molecule has 0 saturated carbocycles. The number of aryl methyl sites for hydroxylation is 3. The normalized spacial score (nSPS) is 13.4. The molecule has 3 N–H and O–H groups in total. The number of anilines is 2. The van der Waals surface area contributed by atoms with Crippen molar-refractivity contribution in [2.45, 2.75) is 25.7 Å². The van der Waals surface area contributed by atoms with E-state index >= 15 is 0 Å². The lowest BCUT2D eigenvalue weighted by Gasteiger charge is -2.03. The molecule has 1 aliphatic carbocycles. The predicted octanol–water partition coefficient (Wildman–Crippen LogP) is 1.88. The molecule has 3 aromatic heterocycles. The zero-order chi connectivity index (χ0) is 15.8. The topological polar surface area (TPSA) is 59.2 Å². The molecular formula is C18H22N5+. The fourth-order valence-electron chi connectivity index (χ4n) is 3.42. The van der Waals surface area contributed by atoms with Crippen LogP contribution in [0.1, 0.15) is 23.4 Å². The Hall–Kier alpha value is -2.56. The summed E-state index contributed by atoms with van der Waals surface area (Å²) in [5, 5.41) is 8.11. The Kier molecular flexibility index (Phi) is 3.41. The fourth-order valence-corrected chi connectivity index (χ4v) is 3.42. The summed E-state index contributed by atoms with van der Waals surface area (Å²) in [5.74, 6) is 0.795. The molecule has 0 unspecified atom stereocenters. The highest BCUT2D eigenvalue weighted by Gasteiger charge is 2.18. The second kappa shape index (κ2) is 5.57. The molecule has 0 aromatic carbocycles. The summed E-state index contributed by atoms with van der Waals surface area (Å²) >= 11 is 0. The lowest BCUT2D eigenvalue weighted by atomic mass is 10.2. The van der Waals surface area contributed by atoms with Gasteiger partial charge in [-0.15, -0.1) is 5.10 Å². The quantitative estimate of drug-likeness (QED) is 0.724. The highest BCUT2D eigenvalue weighted by molar-refractivity contribution is 5.81. The minimum atomic E-state index is 0.747. The highest BCUT2D eigenvalue weighted by Crippen LogP contribution is 2.29. The van der Waals surface area contributed by atoms with Gasteiger partial charge in [0.1, 0.15) is 12.7 Å². The van der Waals surface area contributed by atoms with Gasteiger partial charge in [-0.25, -0.2) is 9.08 Å². The number of hydrogen-bond acceptors (Lipinski definition) is 3. The molecule has 0 fully saturated rings. The third kappa shape index (κ3) is 2.42. The molecular weight excluding hydrogens is 286 g/mol. The van der Waals surface area contributed by atoms with Gasteiger partial charge in [-0.05, 0) is 30.9 Å². The highest BCUT2D eigenvalue weighted by atomic mass is 15.3. The van der Waals surface area contributed by atoms with Crippen LogP contribution in [0.25, 0.3) is 5.52 Å².